The SMILES string of the molecule is CCCOc1ccc2c(c1)C(Cl)CC2C. The highest BCUT2D eigenvalue weighted by atomic mass is 35.5. The van der Waals surface area contributed by atoms with Crippen molar-refractivity contribution in [2.45, 2.75) is 38.0 Å². The third-order valence-corrected chi connectivity index (χ3v) is 3.37. The van der Waals surface area contributed by atoms with E-state index in [0.717, 1.165) is 25.2 Å². The maximum absolute atomic E-state index is 6.29. The molecule has 1 aromatic carbocycles. The number of hydrogen-bond donors (Lipinski definition) is 0. The molecule has 1 aromatic rings. The van der Waals surface area contributed by atoms with Crippen LogP contribution in [-0.4, -0.2) is 6.61 Å². The predicted octanol–water partition coefficient (Wildman–Crippen LogP) is 4.26. The third-order valence-electron chi connectivity index (χ3n) is 2.96. The molecule has 0 heterocycles. The summed E-state index contributed by atoms with van der Waals surface area (Å²) in [5.74, 6) is 1.54. The van der Waals surface area contributed by atoms with E-state index >= 15 is 0 Å². The Kier molecular flexibility index (Phi) is 3.20. The molecule has 0 radical (unpaired) electrons. The Balaban J connectivity index is 2.22. The minimum Gasteiger partial charge on any atom is -0.494 e. The normalized spacial score (nSPS) is 23.9. The number of rotatable bonds is 3. The first-order valence-corrected chi connectivity index (χ1v) is 6.06. The molecule has 1 aliphatic carbocycles. The van der Waals surface area contributed by atoms with Gasteiger partial charge < -0.3 is 4.74 Å². The lowest BCUT2D eigenvalue weighted by atomic mass is 10.0. The smallest absolute Gasteiger partial charge is 0.119 e. The molecule has 0 aliphatic heterocycles. The molecule has 0 spiro atoms. The second-order valence-electron chi connectivity index (χ2n) is 4.24. The molecule has 0 bridgehead atoms. The topological polar surface area (TPSA) is 9.23 Å². The van der Waals surface area contributed by atoms with Crippen molar-refractivity contribution in [3.8, 4) is 5.75 Å². The Morgan fingerprint density at radius 2 is 2.20 bits per heavy atom. The van der Waals surface area contributed by atoms with Crippen molar-refractivity contribution >= 4 is 11.6 Å². The molecule has 0 fully saturated rings. The van der Waals surface area contributed by atoms with Gasteiger partial charge in [-0.05, 0) is 42.0 Å². The summed E-state index contributed by atoms with van der Waals surface area (Å²) in [6.07, 6.45) is 2.09. The van der Waals surface area contributed by atoms with E-state index in [9.17, 15) is 0 Å². The maximum atomic E-state index is 6.29. The molecule has 0 saturated carbocycles. The van der Waals surface area contributed by atoms with Crippen LogP contribution in [0.4, 0.5) is 0 Å². The van der Waals surface area contributed by atoms with E-state index in [2.05, 4.69) is 32.0 Å². The number of halogens is 1. The van der Waals surface area contributed by atoms with Crippen LogP contribution < -0.4 is 4.74 Å². The number of ether oxygens (including phenoxy) is 1. The molecular formula is C13H17ClO. The van der Waals surface area contributed by atoms with Gasteiger partial charge in [-0.2, -0.15) is 0 Å². The quantitative estimate of drug-likeness (QED) is 0.697. The van der Waals surface area contributed by atoms with Crippen LogP contribution in [0.25, 0.3) is 0 Å². The molecule has 0 amide bonds. The average Bonchev–Trinajstić information content (AvgIpc) is 2.52. The van der Waals surface area contributed by atoms with E-state index < -0.39 is 0 Å². The van der Waals surface area contributed by atoms with Gasteiger partial charge in [0, 0.05) is 0 Å². The summed E-state index contributed by atoms with van der Waals surface area (Å²) in [4.78, 5) is 0. The number of benzene rings is 1. The summed E-state index contributed by atoms with van der Waals surface area (Å²) in [7, 11) is 0. The molecular weight excluding hydrogens is 208 g/mol. The largest absolute Gasteiger partial charge is 0.494 e. The van der Waals surface area contributed by atoms with Crippen LogP contribution in [-0.2, 0) is 0 Å². The lowest BCUT2D eigenvalue weighted by Crippen LogP contribution is -1.96. The van der Waals surface area contributed by atoms with Crippen LogP contribution in [0, 0.1) is 0 Å². The monoisotopic (exact) mass is 224 g/mol. The first-order chi connectivity index (χ1) is 7.22. The summed E-state index contributed by atoms with van der Waals surface area (Å²) < 4.78 is 5.61. The van der Waals surface area contributed by atoms with Crippen LogP contribution in [0.3, 0.4) is 0 Å². The Hall–Kier alpha value is -0.690. The fourth-order valence-corrected chi connectivity index (χ4v) is 2.60. The van der Waals surface area contributed by atoms with Crippen molar-refractivity contribution in [2.75, 3.05) is 6.61 Å². The van der Waals surface area contributed by atoms with Crippen molar-refractivity contribution in [1.29, 1.82) is 0 Å². The molecule has 82 valence electrons. The zero-order chi connectivity index (χ0) is 10.8. The zero-order valence-corrected chi connectivity index (χ0v) is 10.1. The first kappa shape index (κ1) is 10.8. The second-order valence-corrected chi connectivity index (χ2v) is 4.77. The molecule has 2 atom stereocenters. The van der Waals surface area contributed by atoms with Gasteiger partial charge in [0.2, 0.25) is 0 Å². The molecule has 2 heteroatoms. The van der Waals surface area contributed by atoms with Gasteiger partial charge in [0.15, 0.2) is 0 Å². The zero-order valence-electron chi connectivity index (χ0n) is 9.29. The van der Waals surface area contributed by atoms with Gasteiger partial charge in [0.25, 0.3) is 0 Å². The van der Waals surface area contributed by atoms with Gasteiger partial charge in [-0.25, -0.2) is 0 Å². The van der Waals surface area contributed by atoms with Crippen LogP contribution >= 0.6 is 11.6 Å². The molecule has 0 saturated heterocycles. The van der Waals surface area contributed by atoms with Crippen molar-refractivity contribution in [1.82, 2.24) is 0 Å². The number of fused-ring (bicyclic) bond motifs is 1. The van der Waals surface area contributed by atoms with Crippen LogP contribution in [0.1, 0.15) is 49.1 Å². The van der Waals surface area contributed by atoms with Gasteiger partial charge in [0.1, 0.15) is 5.75 Å². The van der Waals surface area contributed by atoms with Crippen LogP contribution in [0.2, 0.25) is 0 Å². The fourth-order valence-electron chi connectivity index (χ4n) is 2.15. The van der Waals surface area contributed by atoms with Gasteiger partial charge >= 0.3 is 0 Å². The molecule has 1 aliphatic rings. The van der Waals surface area contributed by atoms with Gasteiger partial charge in [-0.3, -0.25) is 0 Å². The van der Waals surface area contributed by atoms with Crippen LogP contribution in [0.15, 0.2) is 18.2 Å². The van der Waals surface area contributed by atoms with Gasteiger partial charge in [0.05, 0.1) is 12.0 Å². The Bertz CT molecular complexity index is 348. The average molecular weight is 225 g/mol. The first-order valence-electron chi connectivity index (χ1n) is 5.63. The summed E-state index contributed by atoms with van der Waals surface area (Å²) in [5.41, 5.74) is 2.65. The van der Waals surface area contributed by atoms with Crippen molar-refractivity contribution < 1.29 is 4.74 Å². The standard InChI is InChI=1S/C13H17ClO/c1-3-6-15-10-4-5-11-9(2)7-13(14)12(11)8-10/h4-5,8-9,13H,3,6-7H2,1-2H3. The van der Waals surface area contributed by atoms with E-state index in [0.29, 0.717) is 5.92 Å². The molecule has 2 rings (SSSR count). The lowest BCUT2D eigenvalue weighted by Gasteiger charge is -2.08. The maximum Gasteiger partial charge on any atom is 0.119 e. The summed E-state index contributed by atoms with van der Waals surface area (Å²) in [5, 5.41) is 0.167. The minimum absolute atomic E-state index is 0.167. The van der Waals surface area contributed by atoms with E-state index in [-0.39, 0.29) is 5.38 Å². The Morgan fingerprint density at radius 1 is 1.40 bits per heavy atom. The Labute approximate surface area is 96.4 Å². The van der Waals surface area contributed by atoms with Gasteiger partial charge in [-0.15, -0.1) is 11.6 Å². The fraction of sp³-hybridized carbons (Fsp3) is 0.538. The predicted molar refractivity (Wildman–Crippen MR) is 63.9 cm³/mol. The second kappa shape index (κ2) is 4.44. The molecule has 0 aromatic heterocycles. The molecule has 2 unspecified atom stereocenters. The number of alkyl halides is 1. The minimum atomic E-state index is 0.167. The van der Waals surface area contributed by atoms with Gasteiger partial charge in [-0.1, -0.05) is 19.9 Å². The van der Waals surface area contributed by atoms with Crippen molar-refractivity contribution in [2.24, 2.45) is 0 Å². The highest BCUT2D eigenvalue weighted by Crippen LogP contribution is 2.44. The lowest BCUT2D eigenvalue weighted by molar-refractivity contribution is 0.317. The Morgan fingerprint density at radius 3 is 2.93 bits per heavy atom. The van der Waals surface area contributed by atoms with E-state index in [1.54, 1.807) is 0 Å². The van der Waals surface area contributed by atoms with E-state index in [1.807, 2.05) is 0 Å². The molecule has 15 heavy (non-hydrogen) atoms. The van der Waals surface area contributed by atoms with E-state index in [4.69, 9.17) is 16.3 Å². The van der Waals surface area contributed by atoms with Crippen LogP contribution in [0.5, 0.6) is 5.75 Å². The molecule has 1 nitrogen and oxygen atoms in total. The van der Waals surface area contributed by atoms with Crippen molar-refractivity contribution in [3.63, 3.8) is 0 Å². The number of hydrogen-bond acceptors (Lipinski definition) is 1. The summed E-state index contributed by atoms with van der Waals surface area (Å²) >= 11 is 6.29. The molecule has 0 N–H and O–H groups in total. The summed E-state index contributed by atoms with van der Waals surface area (Å²) in [6.45, 7) is 5.12. The third kappa shape index (κ3) is 2.12. The van der Waals surface area contributed by atoms with E-state index in [1.165, 1.54) is 11.1 Å². The van der Waals surface area contributed by atoms with Crippen molar-refractivity contribution in [3.05, 3.63) is 29.3 Å². The highest BCUT2D eigenvalue weighted by molar-refractivity contribution is 6.21. The highest BCUT2D eigenvalue weighted by Gasteiger charge is 2.26. The summed E-state index contributed by atoms with van der Waals surface area (Å²) in [6, 6.07) is 6.32.